The van der Waals surface area contributed by atoms with Gasteiger partial charge in [0.05, 0.1) is 90.9 Å². The van der Waals surface area contributed by atoms with Gasteiger partial charge in [0, 0.05) is 192 Å². The van der Waals surface area contributed by atoms with Crippen LogP contribution in [0.5, 0.6) is 0 Å². The maximum atomic E-state index is 13.3. The summed E-state index contributed by atoms with van der Waals surface area (Å²) in [6.45, 7) is 19.3. The van der Waals surface area contributed by atoms with E-state index in [2.05, 4.69) is 130 Å². The maximum Gasteiger partial charge on any atom is 0.180 e. The van der Waals surface area contributed by atoms with Gasteiger partial charge >= 0.3 is 0 Å². The number of rotatable bonds is 21. The topological polar surface area (TPSA) is 329 Å². The molecule has 6 bridgehead atoms. The molecule has 9 aliphatic heterocycles. The fraction of sp³-hybridized carbons (Fsp3) is 0.326. The maximum absolute atomic E-state index is 13.3. The normalized spacial score (nSPS) is 18.8. The zero-order chi connectivity index (χ0) is 82.5. The monoisotopic (exact) mass is 1620 g/mol. The van der Waals surface area contributed by atoms with E-state index in [1.807, 2.05) is 152 Å². The number of nitrogens with one attached hydrogen (secondary N) is 2. The molecule has 15 aromatic rings. The number of aromatic nitrogens is 26. The van der Waals surface area contributed by atoms with Crippen molar-refractivity contribution in [1.82, 2.24) is 144 Å². The lowest BCUT2D eigenvalue weighted by molar-refractivity contribution is -0.0344. The van der Waals surface area contributed by atoms with Gasteiger partial charge in [-0.2, -0.15) is 30.6 Å². The van der Waals surface area contributed by atoms with E-state index in [-0.39, 0.29) is 23.5 Å². The highest BCUT2D eigenvalue weighted by atomic mass is 19.1. The Bertz CT molecular complexity index is 5860. The summed E-state index contributed by atoms with van der Waals surface area (Å²) in [7, 11) is 1.92. The van der Waals surface area contributed by atoms with Gasteiger partial charge in [-0.15, -0.1) is 0 Å². The molecule has 0 aromatic carbocycles. The van der Waals surface area contributed by atoms with E-state index in [4.69, 9.17) is 34.9 Å². The quantitative estimate of drug-likeness (QED) is 0.0675. The predicted octanol–water partition coefficient (Wildman–Crippen LogP) is 10.0. The molecular weight excluding hydrogens is 1540 g/mol. The summed E-state index contributed by atoms with van der Waals surface area (Å²) >= 11 is 0. The van der Waals surface area contributed by atoms with Gasteiger partial charge in [-0.05, 0) is 144 Å². The number of hydrogen-bond donors (Lipinski definition) is 2. The lowest BCUT2D eigenvalue weighted by atomic mass is 9.84. The Balaban J connectivity index is 0.000000120. The summed E-state index contributed by atoms with van der Waals surface area (Å²) in [4.78, 5) is 79.8. The van der Waals surface area contributed by atoms with E-state index in [1.54, 1.807) is 17.1 Å². The molecule has 0 amide bonds. The van der Waals surface area contributed by atoms with Crippen molar-refractivity contribution in [1.29, 1.82) is 0 Å². The van der Waals surface area contributed by atoms with Crippen LogP contribution in [-0.4, -0.2) is 220 Å². The Morgan fingerprint density at radius 1 is 0.372 bits per heavy atom. The van der Waals surface area contributed by atoms with Crippen LogP contribution in [0.4, 0.5) is 30.6 Å². The standard InChI is InChI=1S/C29H30FN11.C29H29FN10.C28H28FN11/c1-17-6-22(8-23-7-18(2)37-38-23)36-29(35-17)26-12-33-28(13-31-26)39-15-24-9-25(16-39)41(24)19(3)20-4-5-27(32-10-20)40-14-21(30)11-34-40;1-19-7-24(8-21-11-33-37(2)14-21)36-29(35-19)22-4-6-27(32-12-22)38-17-25-9-26(18-38)39(25)15-20-3-5-28(31-10-20)40-16-23(30)13-34-40;1-17-5-21(7-22-6-18(2)36-37-22)35-28(34-17)25-11-32-27(12-30-25)38-15-23-8-24(16-38)39(23)13-19-3-4-26(31-9-19)40-14-20(29)10-33-40/h4-7,10-14,19,24-25H,8-9,15-16H2,1-3H3,(H,37,38);3-7,10-14,16,25-26H,8-9,15,17-18H2,1-2H3;3-6,9-12,14,23-24H,7-8,13,15-16H2,1-2H3,(H,36,37). The number of aromatic amines is 2. The van der Waals surface area contributed by atoms with Crippen LogP contribution in [0, 0.1) is 52.1 Å². The van der Waals surface area contributed by atoms with Crippen LogP contribution in [-0.2, 0) is 39.4 Å². The van der Waals surface area contributed by atoms with Gasteiger partial charge in [-0.3, -0.25) is 29.6 Å². The van der Waals surface area contributed by atoms with Crippen LogP contribution in [0.1, 0.15) is 111 Å². The van der Waals surface area contributed by atoms with E-state index in [1.165, 1.54) is 70.5 Å². The summed E-state index contributed by atoms with van der Waals surface area (Å²) in [5, 5.41) is 30.8. The molecule has 2 N–H and O–H groups in total. The third-order valence-electron chi connectivity index (χ3n) is 23.2. The Morgan fingerprint density at radius 2 is 0.793 bits per heavy atom. The summed E-state index contributed by atoms with van der Waals surface area (Å²) in [6, 6.07) is 28.9. The van der Waals surface area contributed by atoms with Crippen LogP contribution in [0.3, 0.4) is 0 Å². The highest BCUT2D eigenvalue weighted by molar-refractivity contribution is 5.58. The second-order valence-corrected chi connectivity index (χ2v) is 32.2. The second-order valence-electron chi connectivity index (χ2n) is 32.2. The number of piperazine rings is 3. The lowest BCUT2D eigenvalue weighted by Gasteiger charge is -2.58. The molecule has 9 saturated heterocycles. The van der Waals surface area contributed by atoms with E-state index >= 15 is 0 Å². The number of nitrogens with zero attached hydrogens (tertiary/aromatic N) is 30. The van der Waals surface area contributed by atoms with Gasteiger partial charge in [0.2, 0.25) is 0 Å². The largest absolute Gasteiger partial charge is 0.353 e. The third kappa shape index (κ3) is 17.1. The van der Waals surface area contributed by atoms with Crippen molar-refractivity contribution in [2.75, 3.05) is 54.0 Å². The molecule has 24 rings (SSSR count). The van der Waals surface area contributed by atoms with Gasteiger partial charge < -0.3 is 14.7 Å². The summed E-state index contributed by atoms with van der Waals surface area (Å²) in [5.41, 5.74) is 16.2. The van der Waals surface area contributed by atoms with Crippen molar-refractivity contribution >= 4 is 17.5 Å². The smallest absolute Gasteiger partial charge is 0.180 e. The molecular formula is C86H87F3N32. The highest BCUT2D eigenvalue weighted by Crippen LogP contribution is 2.42. The van der Waals surface area contributed by atoms with Gasteiger partial charge in [-0.1, -0.05) is 18.2 Å². The van der Waals surface area contributed by atoms with E-state index < -0.39 is 0 Å². The number of halogens is 3. The first kappa shape index (κ1) is 77.3. The molecule has 9 aliphatic rings. The minimum Gasteiger partial charge on any atom is -0.353 e. The molecule has 24 heterocycles. The van der Waals surface area contributed by atoms with E-state index in [9.17, 15) is 13.2 Å². The minimum atomic E-state index is -0.379. The molecule has 0 aliphatic carbocycles. The predicted molar refractivity (Wildman–Crippen MR) is 442 cm³/mol. The van der Waals surface area contributed by atoms with E-state index in [0.717, 1.165) is 155 Å². The fourth-order valence-electron chi connectivity index (χ4n) is 17.4. The first-order valence-electron chi connectivity index (χ1n) is 40.5. The van der Waals surface area contributed by atoms with Crippen molar-refractivity contribution in [3.05, 3.63) is 275 Å². The molecule has 32 nitrogen and oxygen atoms in total. The molecule has 7 atom stereocenters. The van der Waals surface area contributed by atoms with Crippen molar-refractivity contribution in [2.45, 2.75) is 135 Å². The SMILES string of the molecule is Cc1cc(Cc2cc(C)[nH]n2)nc(-c2cnc(N3CC4CC(C3)N4C(C)c3ccc(-n4cc(F)cn4)nc3)cn2)n1.Cc1cc(Cc2cc(C)[nH]n2)nc(-c2cnc(N3CC4CC(C3)N4Cc3ccc(-n4cc(F)cn4)nc3)cn2)n1.Cc1cc(Cc2cnn(C)c2)nc(-c2ccc(N3CC4CC(C3)N4Cc3ccc(-n4cc(F)cn4)nc3)nc2)n1. The molecule has 0 saturated carbocycles. The van der Waals surface area contributed by atoms with Crippen molar-refractivity contribution < 1.29 is 13.2 Å². The second kappa shape index (κ2) is 32.9. The Labute approximate surface area is 694 Å². The molecule has 0 spiro atoms. The van der Waals surface area contributed by atoms with Crippen LogP contribution in [0.15, 0.2) is 178 Å². The number of pyridine rings is 4. The first-order valence-corrected chi connectivity index (χ1v) is 40.5. The van der Waals surface area contributed by atoms with Crippen molar-refractivity contribution in [3.8, 4) is 51.9 Å². The van der Waals surface area contributed by atoms with Gasteiger partial charge in [0.25, 0.3) is 0 Å². The number of fused-ring (bicyclic) bond motifs is 6. The average Bonchev–Trinajstić information content (AvgIpc) is 1.71. The van der Waals surface area contributed by atoms with Crippen molar-refractivity contribution in [2.24, 2.45) is 7.05 Å². The molecule has 0 radical (unpaired) electrons. The average molecular weight is 1630 g/mol. The third-order valence-corrected chi connectivity index (χ3v) is 23.2. The Morgan fingerprint density at radius 3 is 1.19 bits per heavy atom. The molecule has 7 unspecified atom stereocenters. The molecule has 121 heavy (non-hydrogen) atoms. The van der Waals surface area contributed by atoms with Crippen LogP contribution < -0.4 is 14.7 Å². The molecule has 35 heteroatoms. The van der Waals surface area contributed by atoms with Gasteiger partial charge in [-0.25, -0.2) is 97.0 Å². The molecule has 15 aromatic heterocycles. The fourth-order valence-corrected chi connectivity index (χ4v) is 17.4. The lowest BCUT2D eigenvalue weighted by Crippen LogP contribution is -2.69. The minimum absolute atomic E-state index is 0.225. The van der Waals surface area contributed by atoms with Crippen LogP contribution in [0.2, 0.25) is 0 Å². The number of piperidine rings is 3. The first-order chi connectivity index (χ1) is 58.8. The van der Waals surface area contributed by atoms with Gasteiger partial charge in [0.1, 0.15) is 28.8 Å². The summed E-state index contributed by atoms with van der Waals surface area (Å²) in [6.07, 6.45) is 31.6. The molecule has 9 fully saturated rings. The Hall–Kier alpha value is -13.7. The Kier molecular flexibility index (Phi) is 21.0. The van der Waals surface area contributed by atoms with Crippen LogP contribution in [0.25, 0.3) is 51.9 Å². The highest BCUT2D eigenvalue weighted by Gasteiger charge is 2.49. The summed E-state index contributed by atoms with van der Waals surface area (Å²) in [5.74, 6) is 5.25. The zero-order valence-corrected chi connectivity index (χ0v) is 67.7. The number of aryl methyl sites for hydroxylation is 6. The van der Waals surface area contributed by atoms with Crippen LogP contribution >= 0.6 is 0 Å². The van der Waals surface area contributed by atoms with Crippen molar-refractivity contribution in [3.63, 3.8) is 0 Å². The zero-order valence-electron chi connectivity index (χ0n) is 67.7. The van der Waals surface area contributed by atoms with E-state index in [0.29, 0.717) is 102 Å². The van der Waals surface area contributed by atoms with Gasteiger partial charge in [0.15, 0.2) is 52.4 Å². The number of anilines is 3. The molecule has 612 valence electrons. The number of hydrogen-bond acceptors (Lipinski definition) is 26. The number of H-pyrrole nitrogens is 2. The summed E-state index contributed by atoms with van der Waals surface area (Å²) < 4.78 is 46.0.